The van der Waals surface area contributed by atoms with Crippen LogP contribution in [0.5, 0.6) is 0 Å². The molecule has 0 aliphatic rings. The number of hydrogen-bond donors (Lipinski definition) is 1. The summed E-state index contributed by atoms with van der Waals surface area (Å²) in [4.78, 5) is 10.4. The lowest BCUT2D eigenvalue weighted by molar-refractivity contribution is -0.137. The Balaban J connectivity index is 2.13. The number of aromatic nitrogens is 1. The first-order valence-electron chi connectivity index (χ1n) is 4.81. The Morgan fingerprint density at radius 3 is 3.13 bits per heavy atom. The first kappa shape index (κ1) is 9.71. The molecule has 2 aromatic rings. The van der Waals surface area contributed by atoms with Crippen molar-refractivity contribution in [1.29, 1.82) is 0 Å². The number of carboxylic acid groups (broad SMARTS) is 1. The molecule has 0 fully saturated rings. The molecule has 0 bridgehead atoms. The molecule has 1 aromatic carbocycles. The summed E-state index contributed by atoms with van der Waals surface area (Å²) in [5.41, 5.74) is 1.85. The molecule has 0 aliphatic heterocycles. The van der Waals surface area contributed by atoms with Gasteiger partial charge in [-0.2, -0.15) is 0 Å². The van der Waals surface area contributed by atoms with E-state index in [-0.39, 0.29) is 6.42 Å². The molecule has 1 aromatic heterocycles. The summed E-state index contributed by atoms with van der Waals surface area (Å²) in [6.45, 7) is 0. The van der Waals surface area contributed by atoms with Crippen LogP contribution in [0.1, 0.15) is 18.4 Å². The van der Waals surface area contributed by atoms with Crippen molar-refractivity contribution in [2.75, 3.05) is 0 Å². The van der Waals surface area contributed by atoms with Crippen LogP contribution in [0.25, 0.3) is 11.0 Å². The van der Waals surface area contributed by atoms with Crippen LogP contribution in [0, 0.1) is 0 Å². The average molecular weight is 205 g/mol. The zero-order valence-corrected chi connectivity index (χ0v) is 8.14. The van der Waals surface area contributed by atoms with Crippen LogP contribution < -0.4 is 0 Å². The van der Waals surface area contributed by atoms with Crippen molar-refractivity contribution in [2.45, 2.75) is 19.3 Å². The number of fused-ring (bicyclic) bond motifs is 1. The predicted octanol–water partition coefficient (Wildman–Crippen LogP) is 2.24. The lowest BCUT2D eigenvalue weighted by atomic mass is 10.0. The minimum absolute atomic E-state index is 0.196. The van der Waals surface area contributed by atoms with E-state index in [0.29, 0.717) is 6.42 Å². The number of benzene rings is 1. The summed E-state index contributed by atoms with van der Waals surface area (Å²) in [5.74, 6) is -0.757. The van der Waals surface area contributed by atoms with Crippen LogP contribution in [0.2, 0.25) is 0 Å². The molecule has 0 unspecified atom stereocenters. The van der Waals surface area contributed by atoms with Crippen LogP contribution in [-0.4, -0.2) is 16.2 Å². The number of aryl methyl sites for hydroxylation is 1. The van der Waals surface area contributed by atoms with Gasteiger partial charge in [0.05, 0.1) is 6.20 Å². The molecule has 15 heavy (non-hydrogen) atoms. The third kappa shape index (κ3) is 2.15. The summed E-state index contributed by atoms with van der Waals surface area (Å²) in [5, 5.41) is 13.2. The van der Waals surface area contributed by atoms with Gasteiger partial charge in [-0.3, -0.25) is 4.79 Å². The Labute approximate surface area is 86.5 Å². The van der Waals surface area contributed by atoms with E-state index in [4.69, 9.17) is 9.63 Å². The predicted molar refractivity (Wildman–Crippen MR) is 54.6 cm³/mol. The summed E-state index contributed by atoms with van der Waals surface area (Å²) < 4.78 is 5.02. The average Bonchev–Trinajstić information content (AvgIpc) is 2.65. The Morgan fingerprint density at radius 1 is 1.47 bits per heavy atom. The second-order valence-corrected chi connectivity index (χ2v) is 3.40. The van der Waals surface area contributed by atoms with Crippen molar-refractivity contribution < 1.29 is 14.4 Å². The summed E-state index contributed by atoms with van der Waals surface area (Å²) in [6, 6.07) is 5.72. The third-order valence-corrected chi connectivity index (χ3v) is 2.33. The van der Waals surface area contributed by atoms with Gasteiger partial charge in [0.15, 0.2) is 5.58 Å². The van der Waals surface area contributed by atoms with Crippen molar-refractivity contribution in [3.8, 4) is 0 Å². The van der Waals surface area contributed by atoms with Crippen LogP contribution in [0.4, 0.5) is 0 Å². The van der Waals surface area contributed by atoms with Crippen molar-refractivity contribution >= 4 is 16.9 Å². The highest BCUT2D eigenvalue weighted by Crippen LogP contribution is 2.19. The molecule has 1 N–H and O–H groups in total. The van der Waals surface area contributed by atoms with Gasteiger partial charge >= 0.3 is 5.97 Å². The van der Waals surface area contributed by atoms with Gasteiger partial charge in [-0.25, -0.2) is 0 Å². The van der Waals surface area contributed by atoms with Gasteiger partial charge < -0.3 is 9.63 Å². The Bertz CT molecular complexity index is 475. The zero-order chi connectivity index (χ0) is 10.7. The number of aliphatic carboxylic acids is 1. The molecule has 2 rings (SSSR count). The minimum atomic E-state index is -0.757. The molecule has 4 heteroatoms. The van der Waals surface area contributed by atoms with Gasteiger partial charge in [-0.05, 0) is 24.5 Å². The van der Waals surface area contributed by atoms with E-state index in [1.807, 2.05) is 18.2 Å². The standard InChI is InChI=1S/C11H11NO3/c13-11(14)6-2-4-8-3-1-5-10-9(8)7-12-15-10/h1,3,5,7H,2,4,6H2,(H,13,14). The second kappa shape index (κ2) is 4.13. The Morgan fingerprint density at radius 2 is 2.33 bits per heavy atom. The molecule has 0 atom stereocenters. The molecular formula is C11H11NO3. The largest absolute Gasteiger partial charge is 0.481 e. The maximum atomic E-state index is 10.4. The van der Waals surface area contributed by atoms with E-state index >= 15 is 0 Å². The molecule has 0 radical (unpaired) electrons. The van der Waals surface area contributed by atoms with E-state index in [2.05, 4.69) is 5.16 Å². The molecule has 0 saturated heterocycles. The highest BCUT2D eigenvalue weighted by Gasteiger charge is 2.05. The molecular weight excluding hydrogens is 194 g/mol. The van der Waals surface area contributed by atoms with Gasteiger partial charge in [0.2, 0.25) is 0 Å². The quantitative estimate of drug-likeness (QED) is 0.831. The highest BCUT2D eigenvalue weighted by molar-refractivity contribution is 5.79. The minimum Gasteiger partial charge on any atom is -0.481 e. The van der Waals surface area contributed by atoms with Crippen molar-refractivity contribution in [2.24, 2.45) is 0 Å². The molecule has 1 heterocycles. The van der Waals surface area contributed by atoms with Gasteiger partial charge in [0, 0.05) is 11.8 Å². The molecule has 0 spiro atoms. The second-order valence-electron chi connectivity index (χ2n) is 3.40. The van der Waals surface area contributed by atoms with Crippen LogP contribution >= 0.6 is 0 Å². The monoisotopic (exact) mass is 205 g/mol. The van der Waals surface area contributed by atoms with Crippen LogP contribution in [0.3, 0.4) is 0 Å². The number of nitrogens with zero attached hydrogens (tertiary/aromatic N) is 1. The maximum Gasteiger partial charge on any atom is 0.303 e. The van der Waals surface area contributed by atoms with Crippen LogP contribution in [0.15, 0.2) is 28.9 Å². The highest BCUT2D eigenvalue weighted by atomic mass is 16.5. The molecule has 78 valence electrons. The zero-order valence-electron chi connectivity index (χ0n) is 8.14. The van der Waals surface area contributed by atoms with Gasteiger partial charge in [-0.1, -0.05) is 17.3 Å². The molecule has 0 saturated carbocycles. The van der Waals surface area contributed by atoms with E-state index in [1.54, 1.807) is 6.20 Å². The fourth-order valence-corrected chi connectivity index (χ4v) is 1.60. The smallest absolute Gasteiger partial charge is 0.303 e. The van der Waals surface area contributed by atoms with Crippen molar-refractivity contribution in [1.82, 2.24) is 5.16 Å². The van der Waals surface area contributed by atoms with Gasteiger partial charge in [0.1, 0.15) is 0 Å². The fourth-order valence-electron chi connectivity index (χ4n) is 1.60. The SMILES string of the molecule is O=C(O)CCCc1cccc2oncc12. The van der Waals surface area contributed by atoms with Gasteiger partial charge in [0.25, 0.3) is 0 Å². The first-order valence-corrected chi connectivity index (χ1v) is 4.81. The number of carbonyl (C=O) groups is 1. The first-order chi connectivity index (χ1) is 7.27. The van der Waals surface area contributed by atoms with Crippen LogP contribution in [-0.2, 0) is 11.2 Å². The fraction of sp³-hybridized carbons (Fsp3) is 0.273. The summed E-state index contributed by atoms with van der Waals surface area (Å²) in [6.07, 6.45) is 3.25. The third-order valence-electron chi connectivity index (χ3n) is 2.33. The van der Waals surface area contributed by atoms with Gasteiger partial charge in [-0.15, -0.1) is 0 Å². The maximum absolute atomic E-state index is 10.4. The lowest BCUT2D eigenvalue weighted by Gasteiger charge is -1.99. The van der Waals surface area contributed by atoms with E-state index in [9.17, 15) is 4.79 Å². The van der Waals surface area contributed by atoms with E-state index in [0.717, 1.165) is 23.0 Å². The molecule has 0 amide bonds. The van der Waals surface area contributed by atoms with Crippen molar-refractivity contribution in [3.63, 3.8) is 0 Å². The van der Waals surface area contributed by atoms with E-state index < -0.39 is 5.97 Å². The molecule has 4 nitrogen and oxygen atoms in total. The van der Waals surface area contributed by atoms with Crippen molar-refractivity contribution in [3.05, 3.63) is 30.0 Å². The Hall–Kier alpha value is -1.84. The molecule has 0 aliphatic carbocycles. The topological polar surface area (TPSA) is 63.3 Å². The summed E-state index contributed by atoms with van der Waals surface area (Å²) in [7, 11) is 0. The Kier molecular flexibility index (Phi) is 2.67. The number of rotatable bonds is 4. The number of hydrogen-bond acceptors (Lipinski definition) is 3. The normalized spacial score (nSPS) is 10.7. The summed E-state index contributed by atoms with van der Waals surface area (Å²) >= 11 is 0. The van der Waals surface area contributed by atoms with E-state index in [1.165, 1.54) is 0 Å². The number of carboxylic acids is 1. The lowest BCUT2D eigenvalue weighted by Crippen LogP contribution is -1.95.